The largest absolute Gasteiger partial charge is 0.497 e. The predicted molar refractivity (Wildman–Crippen MR) is 130 cm³/mol. The van der Waals surface area contributed by atoms with Gasteiger partial charge in [0.1, 0.15) is 5.75 Å². The number of anilines is 1. The van der Waals surface area contributed by atoms with Gasteiger partial charge in [-0.25, -0.2) is 0 Å². The fourth-order valence-electron chi connectivity index (χ4n) is 5.43. The maximum atomic E-state index is 13.2. The van der Waals surface area contributed by atoms with Crippen molar-refractivity contribution >= 4 is 17.5 Å². The lowest BCUT2D eigenvalue weighted by molar-refractivity contribution is -0.123. The second kappa shape index (κ2) is 9.96. The van der Waals surface area contributed by atoms with Gasteiger partial charge in [-0.2, -0.15) is 0 Å². The first kappa shape index (κ1) is 23.3. The molecule has 2 aliphatic heterocycles. The highest BCUT2D eigenvalue weighted by molar-refractivity contribution is 5.92. The second-order valence-electron chi connectivity index (χ2n) is 9.49. The molecular weight excluding hydrogens is 414 g/mol. The smallest absolute Gasteiger partial charge is 0.238 e. The molecule has 2 aromatic carbocycles. The fourth-order valence-corrected chi connectivity index (χ4v) is 5.43. The van der Waals surface area contributed by atoms with Crippen molar-refractivity contribution in [2.45, 2.75) is 70.0 Å². The van der Waals surface area contributed by atoms with E-state index in [4.69, 9.17) is 4.74 Å². The monoisotopic (exact) mass is 449 g/mol. The first-order chi connectivity index (χ1) is 15.9. The third-order valence-corrected chi connectivity index (χ3v) is 7.16. The number of ether oxygens (including phenoxy) is 1. The molecule has 2 amide bonds. The third kappa shape index (κ3) is 5.22. The van der Waals surface area contributed by atoms with E-state index in [1.807, 2.05) is 42.5 Å². The fraction of sp³-hybridized carbons (Fsp3) is 0.481. The second-order valence-corrected chi connectivity index (χ2v) is 9.49. The van der Waals surface area contributed by atoms with Crippen molar-refractivity contribution < 1.29 is 14.3 Å². The molecule has 0 spiro atoms. The number of carbonyl (C=O) groups excluding carboxylic acids is 2. The number of fused-ring (bicyclic) bond motifs is 1. The standard InChI is InChI=1S/C27H35N3O3/c1-4-19-12-14-21(15-13-19)28-26(32)18-30-23(20-8-7-9-22(16-20)33-3)17-27(2)24(30)10-5-6-11-25(31)29-27/h7-9,12-16,23-24H,4-6,10-11,17-18H2,1-3H3,(H,28,32)(H,29,31)/t23-,24-,27-/m0/s1. The van der Waals surface area contributed by atoms with Gasteiger partial charge in [0.2, 0.25) is 11.8 Å². The molecular formula is C27H35N3O3. The molecule has 4 rings (SSSR count). The van der Waals surface area contributed by atoms with Crippen LogP contribution in [-0.4, -0.2) is 41.9 Å². The minimum atomic E-state index is -0.381. The summed E-state index contributed by atoms with van der Waals surface area (Å²) in [6, 6.07) is 16.2. The molecule has 176 valence electrons. The quantitative estimate of drug-likeness (QED) is 0.683. The number of methoxy groups -OCH3 is 1. The highest BCUT2D eigenvalue weighted by Crippen LogP contribution is 2.45. The van der Waals surface area contributed by atoms with Crippen molar-refractivity contribution in [3.05, 3.63) is 59.7 Å². The van der Waals surface area contributed by atoms with Crippen LogP contribution in [0.3, 0.4) is 0 Å². The van der Waals surface area contributed by atoms with Crippen LogP contribution in [0.25, 0.3) is 0 Å². The Bertz CT molecular complexity index is 990. The van der Waals surface area contributed by atoms with Gasteiger partial charge in [0.25, 0.3) is 0 Å². The molecule has 0 aliphatic carbocycles. The molecule has 0 aromatic heterocycles. The van der Waals surface area contributed by atoms with Gasteiger partial charge in [-0.3, -0.25) is 14.5 Å². The van der Waals surface area contributed by atoms with Crippen LogP contribution >= 0.6 is 0 Å². The zero-order chi connectivity index (χ0) is 23.4. The van der Waals surface area contributed by atoms with Crippen LogP contribution in [0.15, 0.2) is 48.5 Å². The maximum Gasteiger partial charge on any atom is 0.238 e. The van der Waals surface area contributed by atoms with Gasteiger partial charge >= 0.3 is 0 Å². The predicted octanol–water partition coefficient (Wildman–Crippen LogP) is 4.46. The van der Waals surface area contributed by atoms with Crippen LogP contribution in [0.4, 0.5) is 5.69 Å². The van der Waals surface area contributed by atoms with Gasteiger partial charge in [-0.1, -0.05) is 37.6 Å². The summed E-state index contributed by atoms with van der Waals surface area (Å²) < 4.78 is 5.46. The van der Waals surface area contributed by atoms with Crippen molar-refractivity contribution in [1.82, 2.24) is 10.2 Å². The van der Waals surface area contributed by atoms with E-state index < -0.39 is 0 Å². The van der Waals surface area contributed by atoms with E-state index in [-0.39, 0.29) is 36.0 Å². The molecule has 2 fully saturated rings. The number of nitrogens with one attached hydrogen (secondary N) is 2. The molecule has 2 aliphatic rings. The van der Waals surface area contributed by atoms with Crippen molar-refractivity contribution in [2.75, 3.05) is 19.0 Å². The number of benzene rings is 2. The average Bonchev–Trinajstić information content (AvgIpc) is 3.06. The lowest BCUT2D eigenvalue weighted by Crippen LogP contribution is -2.56. The van der Waals surface area contributed by atoms with E-state index in [1.165, 1.54) is 5.56 Å². The third-order valence-electron chi connectivity index (χ3n) is 7.16. The Morgan fingerprint density at radius 3 is 2.73 bits per heavy atom. The number of amides is 2. The topological polar surface area (TPSA) is 70.7 Å². The SMILES string of the molecule is CCc1ccc(NC(=O)CN2[C@H]3CCCCC(=O)N[C@@]3(C)C[C@H]2c2cccc(OC)c2)cc1. The summed E-state index contributed by atoms with van der Waals surface area (Å²) in [4.78, 5) is 28.0. The van der Waals surface area contributed by atoms with Crippen LogP contribution < -0.4 is 15.4 Å². The number of rotatable bonds is 6. The molecule has 2 saturated heterocycles. The number of hydrogen-bond acceptors (Lipinski definition) is 4. The zero-order valence-electron chi connectivity index (χ0n) is 19.9. The first-order valence-electron chi connectivity index (χ1n) is 12.0. The molecule has 6 nitrogen and oxygen atoms in total. The molecule has 2 aromatic rings. The summed E-state index contributed by atoms with van der Waals surface area (Å²) in [5.41, 5.74) is 2.78. The van der Waals surface area contributed by atoms with Crippen LogP contribution in [0.1, 0.15) is 63.1 Å². The van der Waals surface area contributed by atoms with Crippen LogP contribution in [0.5, 0.6) is 5.75 Å². The molecule has 0 saturated carbocycles. The Balaban J connectivity index is 1.60. The highest BCUT2D eigenvalue weighted by atomic mass is 16.5. The molecule has 2 heterocycles. The zero-order valence-corrected chi connectivity index (χ0v) is 19.9. The van der Waals surface area contributed by atoms with Gasteiger partial charge in [0, 0.05) is 24.2 Å². The molecule has 0 bridgehead atoms. The summed E-state index contributed by atoms with van der Waals surface area (Å²) in [5, 5.41) is 6.37. The van der Waals surface area contributed by atoms with Crippen molar-refractivity contribution in [3.8, 4) is 5.75 Å². The van der Waals surface area contributed by atoms with Crippen LogP contribution in [0, 0.1) is 0 Å². The summed E-state index contributed by atoms with van der Waals surface area (Å²) >= 11 is 0. The summed E-state index contributed by atoms with van der Waals surface area (Å²) in [5.74, 6) is 0.866. The summed E-state index contributed by atoms with van der Waals surface area (Å²) in [6.07, 6.45) is 5.11. The Labute approximate surface area is 196 Å². The highest BCUT2D eigenvalue weighted by Gasteiger charge is 2.51. The van der Waals surface area contributed by atoms with Gasteiger partial charge in [-0.05, 0) is 68.0 Å². The lowest BCUT2D eigenvalue weighted by Gasteiger charge is -2.38. The number of hydrogen-bond donors (Lipinski definition) is 2. The van der Waals surface area contributed by atoms with E-state index >= 15 is 0 Å². The van der Waals surface area contributed by atoms with E-state index in [0.717, 1.165) is 49.1 Å². The van der Waals surface area contributed by atoms with E-state index in [1.54, 1.807) is 7.11 Å². The van der Waals surface area contributed by atoms with Crippen molar-refractivity contribution in [3.63, 3.8) is 0 Å². The molecule has 33 heavy (non-hydrogen) atoms. The van der Waals surface area contributed by atoms with Crippen molar-refractivity contribution in [2.24, 2.45) is 0 Å². The molecule has 0 unspecified atom stereocenters. The van der Waals surface area contributed by atoms with Crippen LogP contribution in [0.2, 0.25) is 0 Å². The Morgan fingerprint density at radius 1 is 1.21 bits per heavy atom. The molecule has 6 heteroatoms. The number of carbonyl (C=O) groups is 2. The molecule has 0 radical (unpaired) electrons. The summed E-state index contributed by atoms with van der Waals surface area (Å²) in [7, 11) is 1.67. The van der Waals surface area contributed by atoms with Crippen molar-refractivity contribution in [1.29, 1.82) is 0 Å². The minimum Gasteiger partial charge on any atom is -0.497 e. The summed E-state index contributed by atoms with van der Waals surface area (Å²) in [6.45, 7) is 4.52. The van der Waals surface area contributed by atoms with E-state index in [0.29, 0.717) is 6.42 Å². The first-order valence-corrected chi connectivity index (χ1v) is 12.0. The molecule has 3 atom stereocenters. The Kier molecular flexibility index (Phi) is 7.03. The number of nitrogens with zero attached hydrogens (tertiary/aromatic N) is 1. The lowest BCUT2D eigenvalue weighted by atomic mass is 9.85. The average molecular weight is 450 g/mol. The van der Waals surface area contributed by atoms with Crippen LogP contribution in [-0.2, 0) is 16.0 Å². The van der Waals surface area contributed by atoms with Gasteiger partial charge in [0.15, 0.2) is 0 Å². The number of aryl methyl sites for hydroxylation is 1. The van der Waals surface area contributed by atoms with Gasteiger partial charge in [0.05, 0.1) is 19.2 Å². The minimum absolute atomic E-state index is 0.0155. The normalized spacial score (nSPS) is 25.5. The van der Waals surface area contributed by atoms with E-state index in [2.05, 4.69) is 35.4 Å². The maximum absolute atomic E-state index is 13.2. The Morgan fingerprint density at radius 2 is 2.00 bits per heavy atom. The van der Waals surface area contributed by atoms with Gasteiger partial charge < -0.3 is 15.4 Å². The number of likely N-dealkylation sites (tertiary alicyclic amines) is 1. The Hall–Kier alpha value is -2.86. The van der Waals surface area contributed by atoms with Gasteiger partial charge in [-0.15, -0.1) is 0 Å². The molecule has 2 N–H and O–H groups in total. The van der Waals surface area contributed by atoms with E-state index in [9.17, 15) is 9.59 Å².